The molecule has 1 rings (SSSR count). The largest absolute Gasteiger partial charge is 0.383 e. The molecular weight excluding hydrogens is 236 g/mol. The fourth-order valence-corrected chi connectivity index (χ4v) is 2.77. The normalized spacial score (nSPS) is 13.8. The molecule has 19 heavy (non-hydrogen) atoms. The SMILES string of the molecule is CNC(c1ccccc1)C(C)(C)CN(C)CCOC. The summed E-state index contributed by atoms with van der Waals surface area (Å²) in [7, 11) is 5.94. The van der Waals surface area contributed by atoms with Crippen LogP contribution < -0.4 is 5.32 Å². The molecule has 1 aromatic rings. The molecule has 108 valence electrons. The van der Waals surface area contributed by atoms with E-state index in [0.717, 1.165) is 19.7 Å². The third kappa shape index (κ3) is 4.94. The van der Waals surface area contributed by atoms with Crippen LogP contribution in [0.3, 0.4) is 0 Å². The van der Waals surface area contributed by atoms with Gasteiger partial charge in [-0.3, -0.25) is 0 Å². The molecule has 0 aliphatic carbocycles. The number of nitrogens with zero attached hydrogens (tertiary/aromatic N) is 1. The number of rotatable bonds is 8. The Kier molecular flexibility index (Phi) is 6.49. The van der Waals surface area contributed by atoms with Crippen molar-refractivity contribution in [2.45, 2.75) is 19.9 Å². The number of hydrogen-bond acceptors (Lipinski definition) is 3. The first-order valence-corrected chi connectivity index (χ1v) is 6.91. The van der Waals surface area contributed by atoms with Crippen LogP contribution >= 0.6 is 0 Å². The van der Waals surface area contributed by atoms with Crippen LogP contribution in [0.15, 0.2) is 30.3 Å². The first-order chi connectivity index (χ1) is 9.01. The van der Waals surface area contributed by atoms with Crippen LogP contribution in [0, 0.1) is 5.41 Å². The maximum absolute atomic E-state index is 5.14. The number of benzene rings is 1. The van der Waals surface area contributed by atoms with Gasteiger partial charge >= 0.3 is 0 Å². The molecule has 3 heteroatoms. The highest BCUT2D eigenvalue weighted by atomic mass is 16.5. The van der Waals surface area contributed by atoms with Gasteiger partial charge in [-0.25, -0.2) is 0 Å². The predicted octanol–water partition coefficient (Wildman–Crippen LogP) is 2.55. The van der Waals surface area contributed by atoms with Crippen molar-refractivity contribution in [3.8, 4) is 0 Å². The van der Waals surface area contributed by atoms with Crippen LogP contribution in [0.2, 0.25) is 0 Å². The number of methoxy groups -OCH3 is 1. The Morgan fingerprint density at radius 1 is 1.26 bits per heavy atom. The lowest BCUT2D eigenvalue weighted by Gasteiger charge is -2.37. The molecule has 0 aliphatic rings. The minimum Gasteiger partial charge on any atom is -0.383 e. The molecule has 0 heterocycles. The first kappa shape index (κ1) is 16.2. The number of likely N-dealkylation sites (N-methyl/N-ethyl adjacent to an activating group) is 1. The zero-order valence-electron chi connectivity index (χ0n) is 12.9. The summed E-state index contributed by atoms with van der Waals surface area (Å²) in [6, 6.07) is 11.0. The fraction of sp³-hybridized carbons (Fsp3) is 0.625. The van der Waals surface area contributed by atoms with E-state index in [1.54, 1.807) is 7.11 Å². The Morgan fingerprint density at radius 2 is 1.89 bits per heavy atom. The van der Waals surface area contributed by atoms with Gasteiger partial charge in [-0.1, -0.05) is 44.2 Å². The van der Waals surface area contributed by atoms with Gasteiger partial charge < -0.3 is 15.0 Å². The summed E-state index contributed by atoms with van der Waals surface area (Å²) in [6.45, 7) is 7.39. The summed E-state index contributed by atoms with van der Waals surface area (Å²) in [5.74, 6) is 0. The molecule has 1 aromatic carbocycles. The minimum absolute atomic E-state index is 0.151. The van der Waals surface area contributed by atoms with Crippen LogP contribution in [0.5, 0.6) is 0 Å². The molecule has 0 spiro atoms. The Balaban J connectivity index is 2.73. The van der Waals surface area contributed by atoms with Crippen molar-refractivity contribution in [3.05, 3.63) is 35.9 Å². The van der Waals surface area contributed by atoms with Crippen molar-refractivity contribution in [3.63, 3.8) is 0 Å². The fourth-order valence-electron chi connectivity index (χ4n) is 2.77. The average Bonchev–Trinajstić information content (AvgIpc) is 2.37. The molecule has 1 unspecified atom stereocenters. The predicted molar refractivity (Wildman–Crippen MR) is 81.4 cm³/mol. The van der Waals surface area contributed by atoms with Gasteiger partial charge in [0.1, 0.15) is 0 Å². The highest BCUT2D eigenvalue weighted by molar-refractivity contribution is 5.21. The Bertz CT molecular complexity index is 351. The molecule has 1 atom stereocenters. The van der Waals surface area contributed by atoms with Crippen molar-refractivity contribution in [1.29, 1.82) is 0 Å². The lowest BCUT2D eigenvalue weighted by molar-refractivity contribution is 0.119. The highest BCUT2D eigenvalue weighted by Crippen LogP contribution is 2.33. The number of nitrogens with one attached hydrogen (secondary N) is 1. The van der Waals surface area contributed by atoms with E-state index < -0.39 is 0 Å². The molecule has 1 N–H and O–H groups in total. The Labute approximate surface area is 118 Å². The molecule has 0 aromatic heterocycles. The topological polar surface area (TPSA) is 24.5 Å². The minimum atomic E-state index is 0.151. The van der Waals surface area contributed by atoms with Crippen LogP contribution in [0.1, 0.15) is 25.5 Å². The van der Waals surface area contributed by atoms with Gasteiger partial charge in [-0.2, -0.15) is 0 Å². The molecule has 0 aliphatic heterocycles. The molecule has 0 fully saturated rings. The van der Waals surface area contributed by atoms with Gasteiger partial charge in [0.05, 0.1) is 6.61 Å². The van der Waals surface area contributed by atoms with Gasteiger partial charge in [-0.05, 0) is 25.1 Å². The van der Waals surface area contributed by atoms with Crippen LogP contribution in [0.25, 0.3) is 0 Å². The highest BCUT2D eigenvalue weighted by Gasteiger charge is 2.30. The summed E-state index contributed by atoms with van der Waals surface area (Å²) in [5.41, 5.74) is 1.49. The summed E-state index contributed by atoms with van der Waals surface area (Å²) >= 11 is 0. The second-order valence-electron chi connectivity index (χ2n) is 5.85. The molecule has 3 nitrogen and oxygen atoms in total. The second-order valence-corrected chi connectivity index (χ2v) is 5.85. The van der Waals surface area contributed by atoms with Gasteiger partial charge in [0.25, 0.3) is 0 Å². The zero-order chi connectivity index (χ0) is 14.3. The molecule has 0 saturated heterocycles. The maximum atomic E-state index is 5.14. The first-order valence-electron chi connectivity index (χ1n) is 6.91. The van der Waals surface area contributed by atoms with Crippen LogP contribution in [-0.4, -0.2) is 45.8 Å². The van der Waals surface area contributed by atoms with E-state index in [2.05, 4.69) is 61.4 Å². The van der Waals surface area contributed by atoms with Crippen LogP contribution in [0.4, 0.5) is 0 Å². The summed E-state index contributed by atoms with van der Waals surface area (Å²) in [5, 5.41) is 3.46. The smallest absolute Gasteiger partial charge is 0.0589 e. The monoisotopic (exact) mass is 264 g/mol. The standard InChI is InChI=1S/C16H28N2O/c1-16(2,13-18(4)11-12-19-5)15(17-3)14-9-7-6-8-10-14/h6-10,15,17H,11-13H2,1-5H3. The van der Waals surface area contributed by atoms with Gasteiger partial charge in [0, 0.05) is 26.2 Å². The van der Waals surface area contributed by atoms with Crippen LogP contribution in [-0.2, 0) is 4.74 Å². The van der Waals surface area contributed by atoms with E-state index in [1.807, 2.05) is 7.05 Å². The van der Waals surface area contributed by atoms with E-state index in [0.29, 0.717) is 6.04 Å². The third-order valence-corrected chi connectivity index (χ3v) is 3.56. The second kappa shape index (κ2) is 7.63. The van der Waals surface area contributed by atoms with E-state index >= 15 is 0 Å². The molecule has 0 saturated carbocycles. The summed E-state index contributed by atoms with van der Waals surface area (Å²) in [4.78, 5) is 2.33. The van der Waals surface area contributed by atoms with Gasteiger partial charge in [0.2, 0.25) is 0 Å². The third-order valence-electron chi connectivity index (χ3n) is 3.56. The van der Waals surface area contributed by atoms with Crippen molar-refractivity contribution < 1.29 is 4.74 Å². The number of hydrogen-bond donors (Lipinski definition) is 1. The summed E-state index contributed by atoms with van der Waals surface area (Å²) < 4.78 is 5.14. The van der Waals surface area contributed by atoms with Crippen molar-refractivity contribution in [2.24, 2.45) is 5.41 Å². The lowest BCUT2D eigenvalue weighted by Crippen LogP contribution is -2.41. The van der Waals surface area contributed by atoms with Crippen molar-refractivity contribution in [2.75, 3.05) is 40.9 Å². The number of ether oxygens (including phenoxy) is 1. The Morgan fingerprint density at radius 3 is 2.42 bits per heavy atom. The molecule has 0 radical (unpaired) electrons. The van der Waals surface area contributed by atoms with E-state index in [-0.39, 0.29) is 5.41 Å². The molecule has 0 bridgehead atoms. The van der Waals surface area contributed by atoms with Crippen molar-refractivity contribution in [1.82, 2.24) is 10.2 Å². The molecule has 0 amide bonds. The van der Waals surface area contributed by atoms with E-state index in [1.165, 1.54) is 5.56 Å². The van der Waals surface area contributed by atoms with Gasteiger partial charge in [0.15, 0.2) is 0 Å². The van der Waals surface area contributed by atoms with Crippen molar-refractivity contribution >= 4 is 0 Å². The van der Waals surface area contributed by atoms with E-state index in [4.69, 9.17) is 4.74 Å². The van der Waals surface area contributed by atoms with E-state index in [9.17, 15) is 0 Å². The lowest BCUT2D eigenvalue weighted by atomic mass is 9.80. The maximum Gasteiger partial charge on any atom is 0.0589 e. The van der Waals surface area contributed by atoms with Gasteiger partial charge in [-0.15, -0.1) is 0 Å². The Hall–Kier alpha value is -0.900. The zero-order valence-corrected chi connectivity index (χ0v) is 12.9. The summed E-state index contributed by atoms with van der Waals surface area (Å²) in [6.07, 6.45) is 0. The molecular formula is C16H28N2O. The average molecular weight is 264 g/mol. The quantitative estimate of drug-likeness (QED) is 0.781.